The molecule has 0 amide bonds. The molecular formula is C16H32O3Si. The zero-order chi connectivity index (χ0) is 15.6. The molecule has 0 heterocycles. The lowest BCUT2D eigenvalue weighted by Crippen LogP contribution is -2.46. The molecule has 3 atom stereocenters. The summed E-state index contributed by atoms with van der Waals surface area (Å²) < 4.78 is 12.1. The van der Waals surface area contributed by atoms with Crippen molar-refractivity contribution in [1.82, 2.24) is 0 Å². The summed E-state index contributed by atoms with van der Waals surface area (Å²) in [6, 6.07) is 3.30. The molecule has 0 aliphatic rings. The quantitative estimate of drug-likeness (QED) is 0.493. The Morgan fingerprint density at radius 2 is 1.75 bits per heavy atom. The van der Waals surface area contributed by atoms with Crippen molar-refractivity contribution in [2.24, 2.45) is 5.92 Å². The van der Waals surface area contributed by atoms with E-state index in [-0.39, 0.29) is 24.7 Å². The second-order valence-electron chi connectivity index (χ2n) is 5.31. The molecule has 0 rings (SSSR count). The van der Waals surface area contributed by atoms with Gasteiger partial charge in [-0.2, -0.15) is 0 Å². The van der Waals surface area contributed by atoms with Crippen molar-refractivity contribution in [3.05, 3.63) is 17.9 Å². The van der Waals surface area contributed by atoms with E-state index in [1.807, 2.05) is 26.0 Å². The van der Waals surface area contributed by atoms with Crippen LogP contribution >= 0.6 is 0 Å². The molecule has 0 aromatic carbocycles. The van der Waals surface area contributed by atoms with E-state index in [0.29, 0.717) is 0 Å². The Morgan fingerprint density at radius 3 is 2.10 bits per heavy atom. The van der Waals surface area contributed by atoms with E-state index in [1.165, 1.54) is 0 Å². The second kappa shape index (κ2) is 10.4. The minimum atomic E-state index is -1.71. The van der Waals surface area contributed by atoms with Gasteiger partial charge in [0, 0.05) is 19.6 Å². The van der Waals surface area contributed by atoms with Crippen LogP contribution in [0.1, 0.15) is 34.6 Å². The molecule has 0 unspecified atom stereocenters. The smallest absolute Gasteiger partial charge is 0.193 e. The largest absolute Gasteiger partial charge is 0.407 e. The molecule has 1 N–H and O–H groups in total. The molecule has 3 nitrogen and oxygen atoms in total. The van der Waals surface area contributed by atoms with Crippen LogP contribution in [0, 0.1) is 5.92 Å². The maximum Gasteiger partial charge on any atom is 0.193 e. The van der Waals surface area contributed by atoms with Gasteiger partial charge in [-0.1, -0.05) is 27.7 Å². The maximum atomic E-state index is 9.41. The summed E-state index contributed by atoms with van der Waals surface area (Å²) >= 11 is 0. The Balaban J connectivity index is 5.28. The minimum absolute atomic E-state index is 0.0391. The lowest BCUT2D eigenvalue weighted by Gasteiger charge is -2.36. The van der Waals surface area contributed by atoms with Crippen LogP contribution in [-0.4, -0.2) is 39.3 Å². The van der Waals surface area contributed by atoms with Crippen LogP contribution in [0.4, 0.5) is 0 Å². The maximum absolute atomic E-state index is 9.41. The Labute approximate surface area is 125 Å². The van der Waals surface area contributed by atoms with Gasteiger partial charge in [-0.25, -0.2) is 0 Å². The average molecular weight is 301 g/mol. The van der Waals surface area contributed by atoms with Gasteiger partial charge in [0.1, 0.15) is 0 Å². The van der Waals surface area contributed by atoms with Crippen LogP contribution < -0.4 is 0 Å². The summed E-state index contributed by atoms with van der Waals surface area (Å²) in [4.78, 5) is 0. The molecule has 0 saturated heterocycles. The lowest BCUT2D eigenvalue weighted by molar-refractivity contribution is -0.0283. The van der Waals surface area contributed by atoms with Gasteiger partial charge in [-0.3, -0.25) is 0 Å². The first kappa shape index (κ1) is 19.6. The van der Waals surface area contributed by atoms with Crippen LogP contribution in [0.15, 0.2) is 17.9 Å². The molecule has 0 spiro atoms. The third-order valence-electron chi connectivity index (χ3n) is 4.19. The van der Waals surface area contributed by atoms with Gasteiger partial charge in [0.05, 0.1) is 12.2 Å². The minimum Gasteiger partial charge on any atom is -0.407 e. The fourth-order valence-electron chi connectivity index (χ4n) is 2.47. The van der Waals surface area contributed by atoms with Crippen molar-refractivity contribution in [3.63, 3.8) is 0 Å². The summed E-state index contributed by atoms with van der Waals surface area (Å²) in [5.41, 5.74) is 3.12. The highest BCUT2D eigenvalue weighted by atomic mass is 28.4. The lowest BCUT2D eigenvalue weighted by atomic mass is 10.0. The van der Waals surface area contributed by atoms with E-state index in [4.69, 9.17) is 9.16 Å². The monoisotopic (exact) mass is 300 g/mol. The van der Waals surface area contributed by atoms with E-state index in [2.05, 4.69) is 26.5 Å². The molecule has 20 heavy (non-hydrogen) atoms. The third-order valence-corrected chi connectivity index (χ3v) is 8.83. The molecule has 4 heteroatoms. The molecule has 0 aromatic rings. The average Bonchev–Trinajstić information content (AvgIpc) is 2.50. The Hall–Kier alpha value is -0.383. The molecule has 0 saturated carbocycles. The fourth-order valence-corrected chi connectivity index (χ4v) is 5.25. The van der Waals surface area contributed by atoms with Crippen LogP contribution in [0.25, 0.3) is 0 Å². The third kappa shape index (κ3) is 5.55. The number of hydrogen-bond donors (Lipinski definition) is 1. The SMILES string of the molecule is CC=C=C[C@H](O[Si](CC)(CC)CC)[C@@H](OC)[C@@H](C)CO. The van der Waals surface area contributed by atoms with Gasteiger partial charge in [-0.15, -0.1) is 5.73 Å². The van der Waals surface area contributed by atoms with Crippen molar-refractivity contribution >= 4 is 8.32 Å². The van der Waals surface area contributed by atoms with Gasteiger partial charge in [0.2, 0.25) is 0 Å². The highest BCUT2D eigenvalue weighted by Gasteiger charge is 2.35. The van der Waals surface area contributed by atoms with Crippen LogP contribution in [0.3, 0.4) is 0 Å². The number of ether oxygens (including phenoxy) is 1. The summed E-state index contributed by atoms with van der Waals surface area (Å²) in [6.07, 6.45) is 3.55. The van der Waals surface area contributed by atoms with Gasteiger partial charge < -0.3 is 14.3 Å². The topological polar surface area (TPSA) is 38.7 Å². The van der Waals surface area contributed by atoms with Crippen molar-refractivity contribution in [2.75, 3.05) is 13.7 Å². The van der Waals surface area contributed by atoms with Gasteiger partial charge >= 0.3 is 0 Å². The fraction of sp³-hybridized carbons (Fsp3) is 0.812. The van der Waals surface area contributed by atoms with E-state index in [9.17, 15) is 5.11 Å². The van der Waals surface area contributed by atoms with Gasteiger partial charge in [-0.05, 0) is 37.2 Å². The summed E-state index contributed by atoms with van der Waals surface area (Å²) in [7, 11) is -0.0306. The van der Waals surface area contributed by atoms with Crippen LogP contribution in [0.5, 0.6) is 0 Å². The molecular weight excluding hydrogens is 268 g/mol. The standard InChI is InChI=1S/C16H32O3Si/c1-7-11-12-15(16(18-6)14(5)13-17)19-20(8-2,9-3)10-4/h7,12,14-17H,8-10,13H2,1-6H3/t11?,14-,15-,16-/m0/s1. The number of aliphatic hydroxyl groups excluding tert-OH is 1. The molecule has 0 aliphatic heterocycles. The summed E-state index contributed by atoms with van der Waals surface area (Å²) in [5, 5.41) is 9.41. The first-order valence-electron chi connectivity index (χ1n) is 7.72. The van der Waals surface area contributed by atoms with Gasteiger partial charge in [0.15, 0.2) is 8.32 Å². The summed E-state index contributed by atoms with van der Waals surface area (Å²) in [5.74, 6) is 0.0391. The molecule has 0 aromatic heterocycles. The Morgan fingerprint density at radius 1 is 1.20 bits per heavy atom. The van der Waals surface area contributed by atoms with Crippen LogP contribution in [-0.2, 0) is 9.16 Å². The molecule has 0 aliphatic carbocycles. The number of aliphatic hydroxyl groups is 1. The molecule has 0 fully saturated rings. The normalized spacial score (nSPS) is 16.1. The van der Waals surface area contributed by atoms with Crippen molar-refractivity contribution < 1.29 is 14.3 Å². The predicted octanol–water partition coefficient (Wildman–Crippen LogP) is 3.75. The zero-order valence-corrected chi connectivity index (χ0v) is 15.0. The number of rotatable bonds is 10. The first-order chi connectivity index (χ1) is 9.53. The van der Waals surface area contributed by atoms with E-state index in [0.717, 1.165) is 18.1 Å². The van der Waals surface area contributed by atoms with Crippen molar-refractivity contribution in [1.29, 1.82) is 0 Å². The van der Waals surface area contributed by atoms with E-state index in [1.54, 1.807) is 7.11 Å². The highest BCUT2D eigenvalue weighted by molar-refractivity contribution is 6.73. The van der Waals surface area contributed by atoms with E-state index < -0.39 is 8.32 Å². The molecule has 118 valence electrons. The Kier molecular flexibility index (Phi) is 10.2. The number of hydrogen-bond acceptors (Lipinski definition) is 3. The zero-order valence-electron chi connectivity index (χ0n) is 14.0. The second-order valence-corrected chi connectivity index (χ2v) is 10.0. The van der Waals surface area contributed by atoms with Crippen LogP contribution in [0.2, 0.25) is 18.1 Å². The Bertz CT molecular complexity index is 299. The summed E-state index contributed by atoms with van der Waals surface area (Å²) in [6.45, 7) is 10.7. The van der Waals surface area contributed by atoms with Gasteiger partial charge in [0.25, 0.3) is 0 Å². The highest BCUT2D eigenvalue weighted by Crippen LogP contribution is 2.27. The van der Waals surface area contributed by atoms with E-state index >= 15 is 0 Å². The predicted molar refractivity (Wildman–Crippen MR) is 87.4 cm³/mol. The first-order valence-corrected chi connectivity index (χ1v) is 10.3. The van der Waals surface area contributed by atoms with Crippen molar-refractivity contribution in [2.45, 2.75) is 65.0 Å². The van der Waals surface area contributed by atoms with Crippen molar-refractivity contribution in [3.8, 4) is 0 Å². The number of methoxy groups -OCH3 is 1. The molecule has 0 radical (unpaired) electrons. The molecule has 0 bridgehead atoms.